The van der Waals surface area contributed by atoms with Gasteiger partial charge in [-0.1, -0.05) is 0 Å². The van der Waals surface area contributed by atoms with E-state index in [1.54, 1.807) is 31.0 Å². The van der Waals surface area contributed by atoms with Crippen molar-refractivity contribution < 1.29 is 9.13 Å². The number of ether oxygens (including phenoxy) is 1. The molecule has 0 unspecified atom stereocenters. The molecule has 1 aromatic carbocycles. The zero-order valence-corrected chi connectivity index (χ0v) is 20.9. The number of imidazole rings is 1. The molecule has 5 aromatic heterocycles. The van der Waals surface area contributed by atoms with Crippen molar-refractivity contribution in [2.45, 2.75) is 12.8 Å². The lowest BCUT2D eigenvalue weighted by molar-refractivity contribution is 0.237. The third-order valence-corrected chi connectivity index (χ3v) is 6.94. The molecule has 0 bridgehead atoms. The number of pyridine rings is 2. The van der Waals surface area contributed by atoms with Crippen LogP contribution in [0.3, 0.4) is 0 Å². The van der Waals surface area contributed by atoms with Crippen LogP contribution in [0.2, 0.25) is 0 Å². The zero-order valence-electron chi connectivity index (χ0n) is 20.9. The predicted octanol–water partition coefficient (Wildman–Crippen LogP) is 4.63. The van der Waals surface area contributed by atoms with Gasteiger partial charge in [-0.05, 0) is 55.8 Å². The van der Waals surface area contributed by atoms with E-state index in [9.17, 15) is 4.39 Å². The average Bonchev–Trinajstić information content (AvgIpc) is 3.72. The molecular formula is C28H24FN9O. The Morgan fingerprint density at radius 2 is 1.85 bits per heavy atom. The van der Waals surface area contributed by atoms with Gasteiger partial charge in [0, 0.05) is 48.5 Å². The number of aromatic nitrogens is 8. The Kier molecular flexibility index (Phi) is 5.89. The second kappa shape index (κ2) is 9.84. The van der Waals surface area contributed by atoms with Gasteiger partial charge in [0.1, 0.15) is 29.4 Å². The monoisotopic (exact) mass is 521 g/mol. The molecular weight excluding hydrogens is 497 g/mol. The van der Waals surface area contributed by atoms with Crippen molar-refractivity contribution in [1.29, 1.82) is 0 Å². The van der Waals surface area contributed by atoms with Crippen LogP contribution in [0.1, 0.15) is 12.8 Å². The van der Waals surface area contributed by atoms with Crippen LogP contribution >= 0.6 is 0 Å². The van der Waals surface area contributed by atoms with Crippen molar-refractivity contribution >= 4 is 22.2 Å². The summed E-state index contributed by atoms with van der Waals surface area (Å²) in [5.41, 5.74) is 5.30. The van der Waals surface area contributed by atoms with Crippen LogP contribution in [-0.2, 0) is 0 Å². The van der Waals surface area contributed by atoms with Gasteiger partial charge in [0.25, 0.3) is 0 Å². The van der Waals surface area contributed by atoms with Crippen molar-refractivity contribution in [3.8, 4) is 39.7 Å². The summed E-state index contributed by atoms with van der Waals surface area (Å²) in [6.07, 6.45) is 10.8. The first-order valence-electron chi connectivity index (χ1n) is 12.8. The van der Waals surface area contributed by atoms with Crippen molar-refractivity contribution in [2.75, 3.05) is 26.2 Å². The van der Waals surface area contributed by atoms with Gasteiger partial charge in [0.15, 0.2) is 17.1 Å². The van der Waals surface area contributed by atoms with E-state index in [-0.39, 0.29) is 5.82 Å². The third-order valence-electron chi connectivity index (χ3n) is 6.94. The minimum atomic E-state index is -0.370. The number of fused-ring (bicyclic) bond motifs is 2. The lowest BCUT2D eigenvalue weighted by Gasteiger charge is -2.15. The maximum absolute atomic E-state index is 14.7. The van der Waals surface area contributed by atoms with E-state index in [0.29, 0.717) is 51.9 Å². The van der Waals surface area contributed by atoms with E-state index in [0.717, 1.165) is 36.1 Å². The van der Waals surface area contributed by atoms with Crippen LogP contribution in [0.5, 0.6) is 5.75 Å². The summed E-state index contributed by atoms with van der Waals surface area (Å²) in [6.45, 7) is 3.53. The molecule has 7 rings (SSSR count). The summed E-state index contributed by atoms with van der Waals surface area (Å²) in [5.74, 6) is 0.643. The molecule has 0 amide bonds. The molecule has 0 radical (unpaired) electrons. The summed E-state index contributed by atoms with van der Waals surface area (Å²) < 4.78 is 20.6. The fourth-order valence-electron chi connectivity index (χ4n) is 5.03. The molecule has 0 atom stereocenters. The molecule has 10 nitrogen and oxygen atoms in total. The second-order valence-electron chi connectivity index (χ2n) is 9.50. The fraction of sp³-hybridized carbons (Fsp3) is 0.214. The maximum Gasteiger partial charge on any atom is 0.161 e. The van der Waals surface area contributed by atoms with Crippen LogP contribution in [0.4, 0.5) is 4.39 Å². The molecule has 1 aliphatic rings. The molecule has 1 saturated heterocycles. The highest BCUT2D eigenvalue weighted by Gasteiger charge is 2.18. The predicted molar refractivity (Wildman–Crippen MR) is 144 cm³/mol. The normalized spacial score (nSPS) is 14.0. The van der Waals surface area contributed by atoms with E-state index in [4.69, 9.17) is 9.72 Å². The van der Waals surface area contributed by atoms with Crippen LogP contribution in [-0.4, -0.2) is 71.2 Å². The number of rotatable bonds is 7. The zero-order chi connectivity index (χ0) is 26.2. The minimum absolute atomic E-state index is 0.370. The number of hydrogen-bond donors (Lipinski definition) is 2. The van der Waals surface area contributed by atoms with Gasteiger partial charge >= 0.3 is 0 Å². The summed E-state index contributed by atoms with van der Waals surface area (Å²) in [7, 11) is 0. The van der Waals surface area contributed by atoms with Crippen molar-refractivity contribution in [3.63, 3.8) is 0 Å². The Morgan fingerprint density at radius 3 is 2.72 bits per heavy atom. The SMILES string of the molecule is Fc1cc(OCCN2CCCC2)cc(-c2ccnc3[nH]c(-c4n[nH]c5ncc(-c6cnccn6)cc45)nc23)c1. The Bertz CT molecular complexity index is 1780. The van der Waals surface area contributed by atoms with Gasteiger partial charge in [-0.3, -0.25) is 20.0 Å². The highest BCUT2D eigenvalue weighted by atomic mass is 19.1. The summed E-state index contributed by atoms with van der Waals surface area (Å²) in [6, 6.07) is 8.52. The summed E-state index contributed by atoms with van der Waals surface area (Å²) in [5, 5.41) is 8.20. The van der Waals surface area contributed by atoms with Crippen molar-refractivity contribution in [2.24, 2.45) is 0 Å². The maximum atomic E-state index is 14.7. The van der Waals surface area contributed by atoms with Crippen LogP contribution in [0.15, 0.2) is 61.3 Å². The van der Waals surface area contributed by atoms with Gasteiger partial charge in [0.05, 0.1) is 17.3 Å². The van der Waals surface area contributed by atoms with Crippen molar-refractivity contribution in [1.82, 2.24) is 45.0 Å². The Hall–Kier alpha value is -4.77. The molecule has 0 aliphatic carbocycles. The minimum Gasteiger partial charge on any atom is -0.492 e. The van der Waals surface area contributed by atoms with E-state index in [2.05, 4.69) is 40.0 Å². The first kappa shape index (κ1) is 23.4. The van der Waals surface area contributed by atoms with Crippen LogP contribution < -0.4 is 4.74 Å². The van der Waals surface area contributed by atoms with Crippen LogP contribution in [0.25, 0.3) is 56.1 Å². The molecule has 1 fully saturated rings. The molecule has 6 aromatic rings. The van der Waals surface area contributed by atoms with Crippen molar-refractivity contribution in [3.05, 3.63) is 67.1 Å². The second-order valence-corrected chi connectivity index (χ2v) is 9.50. The number of H-pyrrole nitrogens is 2. The number of halogens is 1. The standard InChI is InChI=1S/C28H24FN9O/c29-19-11-17(12-20(14-19)39-10-9-38-7-1-2-8-38)21-3-4-32-27-24(21)34-28(35-27)25-22-13-18(15-33-26(22)37-36-25)23-16-30-5-6-31-23/h3-6,11-16H,1-2,7-10H2,(H,32,34,35)(H,33,36,37). The fourth-order valence-corrected chi connectivity index (χ4v) is 5.03. The number of likely N-dealkylation sites (tertiary alicyclic amines) is 1. The lowest BCUT2D eigenvalue weighted by Crippen LogP contribution is -2.25. The topological polar surface area (TPSA) is 121 Å². The molecule has 6 heterocycles. The molecule has 194 valence electrons. The smallest absolute Gasteiger partial charge is 0.161 e. The molecule has 39 heavy (non-hydrogen) atoms. The molecule has 0 spiro atoms. The number of aromatic amines is 2. The number of hydrogen-bond acceptors (Lipinski definition) is 8. The van der Waals surface area contributed by atoms with E-state index in [1.807, 2.05) is 18.2 Å². The third kappa shape index (κ3) is 4.57. The molecule has 2 N–H and O–H groups in total. The number of benzene rings is 1. The van der Waals surface area contributed by atoms with Gasteiger partial charge in [-0.15, -0.1) is 0 Å². The first-order chi connectivity index (χ1) is 19.2. The van der Waals surface area contributed by atoms with E-state index < -0.39 is 0 Å². The summed E-state index contributed by atoms with van der Waals surface area (Å²) >= 11 is 0. The Morgan fingerprint density at radius 1 is 0.923 bits per heavy atom. The number of nitrogens with one attached hydrogen (secondary N) is 2. The molecule has 0 saturated carbocycles. The van der Waals surface area contributed by atoms with E-state index in [1.165, 1.54) is 25.0 Å². The van der Waals surface area contributed by atoms with Crippen LogP contribution in [0, 0.1) is 5.82 Å². The average molecular weight is 522 g/mol. The molecule has 1 aliphatic heterocycles. The summed E-state index contributed by atoms with van der Waals surface area (Å²) in [4.78, 5) is 27.9. The van der Waals surface area contributed by atoms with Gasteiger partial charge in [-0.25, -0.2) is 19.3 Å². The number of nitrogens with zero attached hydrogens (tertiary/aromatic N) is 7. The van der Waals surface area contributed by atoms with Gasteiger partial charge in [0.2, 0.25) is 0 Å². The van der Waals surface area contributed by atoms with Gasteiger partial charge < -0.3 is 9.72 Å². The lowest BCUT2D eigenvalue weighted by atomic mass is 10.1. The Labute approximate surface area is 222 Å². The van der Waals surface area contributed by atoms with Gasteiger partial charge in [-0.2, -0.15) is 5.10 Å². The highest BCUT2D eigenvalue weighted by molar-refractivity contribution is 5.96. The van der Waals surface area contributed by atoms with E-state index >= 15 is 0 Å². The highest BCUT2D eigenvalue weighted by Crippen LogP contribution is 2.33. The Balaban J connectivity index is 1.23. The quantitative estimate of drug-likeness (QED) is 0.312. The first-order valence-corrected chi connectivity index (χ1v) is 12.8. The largest absolute Gasteiger partial charge is 0.492 e. The molecule has 11 heteroatoms.